The van der Waals surface area contributed by atoms with Crippen molar-refractivity contribution in [3.63, 3.8) is 0 Å². The van der Waals surface area contributed by atoms with Crippen LogP contribution in [0.3, 0.4) is 0 Å². The molecule has 0 aliphatic carbocycles. The molecule has 2 nitrogen and oxygen atoms in total. The molecule has 0 heterocycles. The van der Waals surface area contributed by atoms with Crippen molar-refractivity contribution in [3.8, 4) is 0 Å². The van der Waals surface area contributed by atoms with Gasteiger partial charge < -0.3 is 0 Å². The molecular weight excluding hydrogens is 211 g/mol. The number of hydrogen-bond acceptors (Lipinski definition) is 2. The average molecular weight is 211 g/mol. The fourth-order valence-corrected chi connectivity index (χ4v) is 0.894. The topological polar surface area (TPSA) is 29.4 Å². The molecule has 9 heteroatoms. The van der Waals surface area contributed by atoms with Crippen LogP contribution in [0.2, 0.25) is 0 Å². The van der Waals surface area contributed by atoms with E-state index in [-0.39, 0.29) is 6.08 Å². The van der Waals surface area contributed by atoms with Gasteiger partial charge in [0.25, 0.3) is 8.07 Å². The normalized spacial score (nSPS) is 12.9. The molecule has 0 aromatic heterocycles. The Morgan fingerprint density at radius 2 is 1.33 bits per heavy atom. The Labute approximate surface area is 63.1 Å². The van der Waals surface area contributed by atoms with Gasteiger partial charge in [0.05, 0.1) is 0 Å². The van der Waals surface area contributed by atoms with Crippen LogP contribution in [0.5, 0.6) is 0 Å². The van der Waals surface area contributed by atoms with Crippen molar-refractivity contribution in [3.05, 3.63) is 0 Å². The fourth-order valence-electron chi connectivity index (χ4n) is 0.298. The monoisotopic (exact) mass is 211 g/mol. The second-order valence-electron chi connectivity index (χ2n) is 1.44. The number of rotatable bonds is 1. The highest BCUT2D eigenvalue weighted by atomic mass is 31.1. The second kappa shape index (κ2) is 3.41. The summed E-state index contributed by atoms with van der Waals surface area (Å²) in [4.78, 5) is 9.23. The third-order valence-corrected chi connectivity index (χ3v) is 1.86. The predicted octanol–water partition coefficient (Wildman–Crippen LogP) is 2.76. The van der Waals surface area contributed by atoms with E-state index in [4.69, 9.17) is 0 Å². The number of hydrogen-bond donors (Lipinski definition) is 0. The maximum Gasteiger partial charge on any atom is 0.435 e. The van der Waals surface area contributed by atoms with E-state index in [1.54, 1.807) is 4.76 Å². The number of isocyanates is 1. The van der Waals surface area contributed by atoms with E-state index in [0.29, 0.717) is 0 Å². The molecular formula is C3F6NOP. The molecule has 0 N–H and O–H groups in total. The molecule has 0 radical (unpaired) electrons. The number of carbonyl (C=O) groups excluding carboxylic acids is 1. The standard InChI is InChI=1S/C3F6NOP/c4-2(5,6)12(10-1-11)3(7,8)9. The first-order chi connectivity index (χ1) is 5.19. The van der Waals surface area contributed by atoms with Crippen molar-refractivity contribution >= 4 is 14.2 Å². The van der Waals surface area contributed by atoms with Gasteiger partial charge in [-0.25, -0.2) is 4.79 Å². The summed E-state index contributed by atoms with van der Waals surface area (Å²) in [5, 5.41) is 0. The Bertz CT molecular complexity index is 188. The molecule has 0 saturated carbocycles. The zero-order valence-electron chi connectivity index (χ0n) is 5.07. The van der Waals surface area contributed by atoms with Gasteiger partial charge in [0, 0.05) is 0 Å². The number of alkyl halides is 6. The van der Waals surface area contributed by atoms with Gasteiger partial charge in [0.15, 0.2) is 0 Å². The van der Waals surface area contributed by atoms with Crippen LogP contribution in [0.15, 0.2) is 4.76 Å². The molecule has 0 atom stereocenters. The van der Waals surface area contributed by atoms with Crippen LogP contribution in [0.25, 0.3) is 0 Å². The first-order valence-corrected chi connectivity index (χ1v) is 3.50. The molecule has 12 heavy (non-hydrogen) atoms. The lowest BCUT2D eigenvalue weighted by Gasteiger charge is -2.16. The van der Waals surface area contributed by atoms with Crippen LogP contribution in [0.4, 0.5) is 26.3 Å². The van der Waals surface area contributed by atoms with Gasteiger partial charge in [-0.2, -0.15) is 31.1 Å². The SMILES string of the molecule is O=C=NP(C(F)(F)F)C(F)(F)F. The molecule has 0 fully saturated rings. The van der Waals surface area contributed by atoms with E-state index in [2.05, 4.69) is 0 Å². The van der Waals surface area contributed by atoms with Crippen molar-refractivity contribution in [2.75, 3.05) is 0 Å². The Hall–Kier alpha value is -0.610. The molecule has 0 amide bonds. The molecule has 0 aromatic rings. The zero-order chi connectivity index (χ0) is 9.99. The van der Waals surface area contributed by atoms with Crippen LogP contribution in [0.1, 0.15) is 0 Å². The summed E-state index contributed by atoms with van der Waals surface area (Å²) in [5.74, 6) is -11.1. The summed E-state index contributed by atoms with van der Waals surface area (Å²) in [5.41, 5.74) is 0. The fraction of sp³-hybridized carbons (Fsp3) is 0.667. The summed E-state index contributed by atoms with van der Waals surface area (Å²) in [6, 6.07) is 0. The smallest absolute Gasteiger partial charge is 0.211 e. The minimum Gasteiger partial charge on any atom is -0.211 e. The molecule has 0 rings (SSSR count). The molecule has 0 aliphatic rings. The van der Waals surface area contributed by atoms with Crippen LogP contribution >= 0.6 is 8.07 Å². The van der Waals surface area contributed by atoms with Gasteiger partial charge in [0.2, 0.25) is 6.08 Å². The molecule has 0 unspecified atom stereocenters. The van der Waals surface area contributed by atoms with E-state index in [9.17, 15) is 31.1 Å². The lowest BCUT2D eigenvalue weighted by molar-refractivity contribution is -0.0833. The Morgan fingerprint density at radius 3 is 1.42 bits per heavy atom. The van der Waals surface area contributed by atoms with Crippen LogP contribution in [-0.2, 0) is 4.79 Å². The van der Waals surface area contributed by atoms with Gasteiger partial charge >= 0.3 is 11.8 Å². The third kappa shape index (κ3) is 3.19. The largest absolute Gasteiger partial charge is 0.435 e. The molecule has 0 saturated heterocycles. The van der Waals surface area contributed by atoms with Crippen molar-refractivity contribution < 1.29 is 31.1 Å². The summed E-state index contributed by atoms with van der Waals surface area (Å²) in [7, 11) is -4.64. The van der Waals surface area contributed by atoms with E-state index in [0.717, 1.165) is 0 Å². The van der Waals surface area contributed by atoms with Gasteiger partial charge in [0.1, 0.15) is 0 Å². The van der Waals surface area contributed by atoms with E-state index >= 15 is 0 Å². The quantitative estimate of drug-likeness (QED) is 0.283. The second-order valence-corrected chi connectivity index (χ2v) is 3.28. The number of halogens is 6. The highest BCUT2D eigenvalue weighted by molar-refractivity contribution is 7.58. The van der Waals surface area contributed by atoms with Crippen molar-refractivity contribution in [2.24, 2.45) is 4.76 Å². The van der Waals surface area contributed by atoms with Crippen molar-refractivity contribution in [1.29, 1.82) is 0 Å². The van der Waals surface area contributed by atoms with Crippen LogP contribution < -0.4 is 0 Å². The first-order valence-electron chi connectivity index (χ1n) is 2.21. The molecule has 70 valence electrons. The van der Waals surface area contributed by atoms with Gasteiger partial charge in [-0.1, -0.05) is 0 Å². The Balaban J connectivity index is 4.81. The summed E-state index contributed by atoms with van der Waals surface area (Å²) >= 11 is 0. The maximum atomic E-state index is 11.4. The van der Waals surface area contributed by atoms with Crippen molar-refractivity contribution in [2.45, 2.75) is 11.8 Å². The predicted molar refractivity (Wildman–Crippen MR) is 27.2 cm³/mol. The summed E-state index contributed by atoms with van der Waals surface area (Å²) in [6.45, 7) is 0. The lowest BCUT2D eigenvalue weighted by Crippen LogP contribution is -2.16. The minimum absolute atomic E-state index is 0.245. The maximum absolute atomic E-state index is 11.4. The average Bonchev–Trinajstić information content (AvgIpc) is 1.77. The Morgan fingerprint density at radius 1 is 1.00 bits per heavy atom. The lowest BCUT2D eigenvalue weighted by atomic mass is 11.5. The molecule has 0 aliphatic heterocycles. The Kier molecular flexibility index (Phi) is 3.24. The molecule has 0 bridgehead atoms. The zero-order valence-corrected chi connectivity index (χ0v) is 5.96. The minimum atomic E-state index is -5.54. The van der Waals surface area contributed by atoms with Crippen molar-refractivity contribution in [1.82, 2.24) is 0 Å². The third-order valence-electron chi connectivity index (χ3n) is 0.621. The first kappa shape index (κ1) is 11.4. The van der Waals surface area contributed by atoms with Gasteiger partial charge in [-0.05, 0) is 0 Å². The van der Waals surface area contributed by atoms with Gasteiger partial charge in [-0.3, -0.25) is 0 Å². The summed E-state index contributed by atoms with van der Waals surface area (Å²) in [6.07, 6.45) is 0.245. The van der Waals surface area contributed by atoms with Crippen LogP contribution in [-0.4, -0.2) is 17.9 Å². The highest BCUT2D eigenvalue weighted by Crippen LogP contribution is 2.65. The summed E-state index contributed by atoms with van der Waals surface area (Å²) < 4.78 is 70.3. The van der Waals surface area contributed by atoms with E-state index in [1.807, 2.05) is 0 Å². The van der Waals surface area contributed by atoms with E-state index < -0.39 is 19.9 Å². The molecule has 0 spiro atoms. The highest BCUT2D eigenvalue weighted by Gasteiger charge is 2.58. The van der Waals surface area contributed by atoms with E-state index in [1.165, 1.54) is 0 Å². The van der Waals surface area contributed by atoms with Gasteiger partial charge in [-0.15, -0.1) is 0 Å². The van der Waals surface area contributed by atoms with Crippen LogP contribution in [0, 0.1) is 0 Å². The molecule has 0 aromatic carbocycles. The number of nitrogens with zero attached hydrogens (tertiary/aromatic N) is 1.